The first-order valence-electron chi connectivity index (χ1n) is 8.06. The van der Waals surface area contributed by atoms with Gasteiger partial charge in [0.2, 0.25) is 0 Å². The van der Waals surface area contributed by atoms with E-state index in [1.807, 2.05) is 30.3 Å². The average molecular weight is 344 g/mol. The summed E-state index contributed by atoms with van der Waals surface area (Å²) in [6.07, 6.45) is 0. The molecule has 4 aromatic rings. The lowest BCUT2D eigenvalue weighted by atomic mass is 10.0. The molecule has 5 N–H and O–H groups in total. The second-order valence-electron chi connectivity index (χ2n) is 5.88. The highest BCUT2D eigenvalue weighted by Gasteiger charge is 2.15. The number of nitrogens with two attached hydrogens (primary N) is 1. The molecule has 1 heterocycles. The molecule has 0 aliphatic heterocycles. The van der Waals surface area contributed by atoms with Crippen molar-refractivity contribution < 1.29 is 9.90 Å². The summed E-state index contributed by atoms with van der Waals surface area (Å²) in [6.45, 7) is 0. The van der Waals surface area contributed by atoms with Crippen LogP contribution in [-0.4, -0.2) is 21.0 Å². The fraction of sp³-hybridized carbons (Fsp3) is 0. The van der Waals surface area contributed by atoms with Gasteiger partial charge in [-0.2, -0.15) is 0 Å². The van der Waals surface area contributed by atoms with Crippen LogP contribution in [0.3, 0.4) is 0 Å². The number of nitrogens with zero attached hydrogens (tertiary/aromatic N) is 1. The molecule has 128 valence electrons. The summed E-state index contributed by atoms with van der Waals surface area (Å²) in [7, 11) is 0. The molecule has 0 aliphatic rings. The van der Waals surface area contributed by atoms with Crippen molar-refractivity contribution in [1.29, 1.82) is 0 Å². The van der Waals surface area contributed by atoms with Crippen molar-refractivity contribution in [2.75, 3.05) is 11.1 Å². The first-order valence-corrected chi connectivity index (χ1v) is 8.06. The lowest BCUT2D eigenvalue weighted by molar-refractivity contribution is 0.102. The monoisotopic (exact) mass is 344 g/mol. The maximum Gasteiger partial charge on any atom is 0.259 e. The number of anilines is 2. The van der Waals surface area contributed by atoms with Crippen molar-refractivity contribution in [2.24, 2.45) is 0 Å². The second kappa shape index (κ2) is 6.25. The molecule has 0 bridgehead atoms. The molecule has 0 radical (unpaired) electrons. The van der Waals surface area contributed by atoms with E-state index in [2.05, 4.69) is 15.3 Å². The molecule has 1 aromatic heterocycles. The van der Waals surface area contributed by atoms with Crippen LogP contribution in [0.1, 0.15) is 10.4 Å². The van der Waals surface area contributed by atoms with E-state index in [1.54, 1.807) is 36.4 Å². The van der Waals surface area contributed by atoms with Crippen LogP contribution in [0.4, 0.5) is 11.6 Å². The number of carbonyl (C=O) groups excluding carboxylic acids is 1. The zero-order valence-corrected chi connectivity index (χ0v) is 13.7. The van der Waals surface area contributed by atoms with Gasteiger partial charge in [0.25, 0.3) is 5.91 Å². The van der Waals surface area contributed by atoms with E-state index >= 15 is 0 Å². The number of phenols is 1. The quantitative estimate of drug-likeness (QED) is 0.454. The number of carbonyl (C=O) groups is 1. The van der Waals surface area contributed by atoms with Gasteiger partial charge in [-0.1, -0.05) is 42.5 Å². The number of hydrogen-bond donors (Lipinski definition) is 4. The number of fused-ring (bicyclic) bond motifs is 1. The second-order valence-corrected chi connectivity index (χ2v) is 5.88. The maximum atomic E-state index is 12.6. The number of nitrogen functional groups attached to an aromatic ring is 1. The van der Waals surface area contributed by atoms with Gasteiger partial charge in [-0.3, -0.25) is 4.79 Å². The third-order valence-corrected chi connectivity index (χ3v) is 4.12. The van der Waals surface area contributed by atoms with Gasteiger partial charge in [0.05, 0.1) is 16.6 Å². The number of benzene rings is 3. The lowest BCUT2D eigenvalue weighted by Gasteiger charge is -2.10. The molecule has 0 atom stereocenters. The summed E-state index contributed by atoms with van der Waals surface area (Å²) in [5.41, 5.74) is 9.31. The Kier molecular flexibility index (Phi) is 3.78. The third-order valence-electron chi connectivity index (χ3n) is 4.12. The van der Waals surface area contributed by atoms with Crippen LogP contribution in [0.2, 0.25) is 0 Å². The fourth-order valence-electron chi connectivity index (χ4n) is 2.88. The van der Waals surface area contributed by atoms with Gasteiger partial charge in [0.1, 0.15) is 5.75 Å². The number of imidazole rings is 1. The summed E-state index contributed by atoms with van der Waals surface area (Å²) < 4.78 is 0. The summed E-state index contributed by atoms with van der Waals surface area (Å²) in [4.78, 5) is 19.7. The van der Waals surface area contributed by atoms with Crippen molar-refractivity contribution in [3.8, 4) is 16.9 Å². The van der Waals surface area contributed by atoms with E-state index in [1.165, 1.54) is 0 Å². The molecule has 0 spiro atoms. The number of aromatic hydroxyl groups is 1. The van der Waals surface area contributed by atoms with Crippen LogP contribution < -0.4 is 11.1 Å². The molecular weight excluding hydrogens is 328 g/mol. The molecule has 0 aliphatic carbocycles. The molecule has 26 heavy (non-hydrogen) atoms. The van der Waals surface area contributed by atoms with Gasteiger partial charge in [0.15, 0.2) is 5.95 Å². The highest BCUT2D eigenvalue weighted by atomic mass is 16.3. The van der Waals surface area contributed by atoms with Gasteiger partial charge in [-0.25, -0.2) is 4.98 Å². The summed E-state index contributed by atoms with van der Waals surface area (Å²) in [5.74, 6) is -0.133. The van der Waals surface area contributed by atoms with Crippen LogP contribution in [0.15, 0.2) is 66.7 Å². The number of rotatable bonds is 3. The Hall–Kier alpha value is -3.80. The van der Waals surface area contributed by atoms with Gasteiger partial charge in [-0.05, 0) is 29.8 Å². The minimum Gasteiger partial charge on any atom is -0.506 e. The Labute approximate surface area is 149 Å². The normalized spacial score (nSPS) is 10.8. The first-order chi connectivity index (χ1) is 12.6. The van der Waals surface area contributed by atoms with Crippen LogP contribution in [0, 0.1) is 0 Å². The van der Waals surface area contributed by atoms with Crippen molar-refractivity contribution in [2.45, 2.75) is 0 Å². The molecule has 0 saturated carbocycles. The molecule has 0 unspecified atom stereocenters. The van der Waals surface area contributed by atoms with Crippen molar-refractivity contribution in [1.82, 2.24) is 9.97 Å². The molecule has 0 saturated heterocycles. The van der Waals surface area contributed by atoms with E-state index < -0.39 is 5.91 Å². The largest absolute Gasteiger partial charge is 0.506 e. The van der Waals surface area contributed by atoms with Gasteiger partial charge in [-0.15, -0.1) is 0 Å². The van der Waals surface area contributed by atoms with E-state index in [0.29, 0.717) is 17.2 Å². The van der Waals surface area contributed by atoms with Gasteiger partial charge in [0, 0.05) is 11.3 Å². The zero-order valence-electron chi connectivity index (χ0n) is 13.7. The number of para-hydroxylation sites is 1. The molecular formula is C20H16N4O2. The Morgan fingerprint density at radius 3 is 2.65 bits per heavy atom. The number of H-pyrrole nitrogens is 1. The summed E-state index contributed by atoms with van der Waals surface area (Å²) >= 11 is 0. The predicted octanol–water partition coefficient (Wildman–Crippen LogP) is 3.77. The SMILES string of the molecule is Nc1nc2ccc(NC(=O)c3cccc(-c4ccccc4)c3O)cc2[nH]1. The minimum absolute atomic E-state index is 0.0527. The first kappa shape index (κ1) is 15.7. The molecule has 6 nitrogen and oxygen atoms in total. The van der Waals surface area contributed by atoms with E-state index in [0.717, 1.165) is 16.6 Å². The Bertz CT molecular complexity index is 1100. The number of aromatic amines is 1. The van der Waals surface area contributed by atoms with E-state index in [9.17, 15) is 9.90 Å². The Morgan fingerprint density at radius 1 is 1.04 bits per heavy atom. The third kappa shape index (κ3) is 2.84. The van der Waals surface area contributed by atoms with Crippen LogP contribution in [0.5, 0.6) is 5.75 Å². The highest BCUT2D eigenvalue weighted by Crippen LogP contribution is 2.32. The van der Waals surface area contributed by atoms with Crippen LogP contribution >= 0.6 is 0 Å². The smallest absolute Gasteiger partial charge is 0.259 e. The molecule has 4 rings (SSSR count). The fourth-order valence-corrected chi connectivity index (χ4v) is 2.88. The van der Waals surface area contributed by atoms with E-state index in [-0.39, 0.29) is 11.3 Å². The van der Waals surface area contributed by atoms with E-state index in [4.69, 9.17) is 5.73 Å². The van der Waals surface area contributed by atoms with Crippen LogP contribution in [-0.2, 0) is 0 Å². The summed E-state index contributed by atoms with van der Waals surface area (Å²) in [5, 5.41) is 13.4. The molecule has 0 fully saturated rings. The number of nitrogens with one attached hydrogen (secondary N) is 2. The van der Waals surface area contributed by atoms with Crippen LogP contribution in [0.25, 0.3) is 22.2 Å². The topological polar surface area (TPSA) is 104 Å². The predicted molar refractivity (Wildman–Crippen MR) is 102 cm³/mol. The molecule has 6 heteroatoms. The van der Waals surface area contributed by atoms with Gasteiger partial charge >= 0.3 is 0 Å². The number of amides is 1. The molecule has 3 aromatic carbocycles. The zero-order chi connectivity index (χ0) is 18.1. The molecule has 1 amide bonds. The number of aromatic nitrogens is 2. The average Bonchev–Trinajstić information content (AvgIpc) is 3.02. The maximum absolute atomic E-state index is 12.6. The summed E-state index contributed by atoms with van der Waals surface area (Å²) in [6, 6.07) is 19.8. The Balaban J connectivity index is 1.65. The number of phenolic OH excluding ortho intramolecular Hbond substituents is 1. The highest BCUT2D eigenvalue weighted by molar-refractivity contribution is 6.08. The van der Waals surface area contributed by atoms with Crippen molar-refractivity contribution >= 4 is 28.6 Å². The lowest BCUT2D eigenvalue weighted by Crippen LogP contribution is -2.12. The Morgan fingerprint density at radius 2 is 1.85 bits per heavy atom. The van der Waals surface area contributed by atoms with Gasteiger partial charge < -0.3 is 21.1 Å². The number of hydrogen-bond acceptors (Lipinski definition) is 4. The van der Waals surface area contributed by atoms with Crippen molar-refractivity contribution in [3.63, 3.8) is 0 Å². The van der Waals surface area contributed by atoms with Crippen molar-refractivity contribution in [3.05, 3.63) is 72.3 Å². The standard InChI is InChI=1S/C20H16N4O2/c21-20-23-16-10-9-13(11-17(16)24-20)22-19(26)15-8-4-7-14(18(15)25)12-5-2-1-3-6-12/h1-11,25H,(H,22,26)(H3,21,23,24). The minimum atomic E-state index is -0.396.